The molecule has 0 aliphatic carbocycles. The van der Waals surface area contributed by atoms with Crippen molar-refractivity contribution in [2.24, 2.45) is 0 Å². The lowest BCUT2D eigenvalue weighted by Crippen LogP contribution is -1.97. The van der Waals surface area contributed by atoms with Crippen LogP contribution in [0.3, 0.4) is 0 Å². The number of halogens is 1. The zero-order valence-corrected chi connectivity index (χ0v) is 10.1. The molecule has 0 bridgehead atoms. The Morgan fingerprint density at radius 3 is 2.80 bits per heavy atom. The second kappa shape index (κ2) is 7.58. The Balaban J connectivity index is 2.24. The fourth-order valence-electron chi connectivity index (χ4n) is 1.44. The van der Waals surface area contributed by atoms with Crippen LogP contribution in [0.15, 0.2) is 24.3 Å². The molecule has 0 aliphatic heterocycles. The molecule has 1 nitrogen and oxygen atoms in total. The van der Waals surface area contributed by atoms with Gasteiger partial charge in [-0.1, -0.05) is 38.3 Å². The zero-order chi connectivity index (χ0) is 10.9. The van der Waals surface area contributed by atoms with Crippen molar-refractivity contribution in [2.75, 3.05) is 6.61 Å². The molecular weight excluding hydrogens is 208 g/mol. The molecule has 0 fully saturated rings. The summed E-state index contributed by atoms with van der Waals surface area (Å²) < 4.78 is 5.64. The van der Waals surface area contributed by atoms with E-state index in [4.69, 9.17) is 16.3 Å². The lowest BCUT2D eigenvalue weighted by Gasteiger charge is -2.06. The van der Waals surface area contributed by atoms with Crippen LogP contribution in [0.4, 0.5) is 0 Å². The highest BCUT2D eigenvalue weighted by Crippen LogP contribution is 2.15. The van der Waals surface area contributed by atoms with Crippen molar-refractivity contribution in [1.29, 1.82) is 0 Å². The first-order valence-corrected chi connectivity index (χ1v) is 6.18. The molecule has 84 valence electrons. The third kappa shape index (κ3) is 5.08. The molecule has 1 aromatic carbocycles. The molecule has 15 heavy (non-hydrogen) atoms. The van der Waals surface area contributed by atoms with Crippen LogP contribution < -0.4 is 4.74 Å². The Labute approximate surface area is 97.4 Å². The van der Waals surface area contributed by atoms with Gasteiger partial charge in [0.25, 0.3) is 0 Å². The number of benzene rings is 1. The van der Waals surface area contributed by atoms with Gasteiger partial charge in [-0.25, -0.2) is 0 Å². The van der Waals surface area contributed by atoms with E-state index in [2.05, 4.69) is 6.92 Å². The second-order valence-corrected chi connectivity index (χ2v) is 3.96. The summed E-state index contributed by atoms with van der Waals surface area (Å²) >= 11 is 5.75. The maximum absolute atomic E-state index is 5.75. The van der Waals surface area contributed by atoms with E-state index >= 15 is 0 Å². The molecule has 0 atom stereocenters. The summed E-state index contributed by atoms with van der Waals surface area (Å²) in [5, 5.41) is 0. The molecule has 0 saturated heterocycles. The quantitative estimate of drug-likeness (QED) is 0.495. The molecule has 1 aromatic rings. The summed E-state index contributed by atoms with van der Waals surface area (Å²) in [7, 11) is 0. The van der Waals surface area contributed by atoms with Gasteiger partial charge in [0, 0.05) is 5.88 Å². The largest absolute Gasteiger partial charge is 0.494 e. The zero-order valence-electron chi connectivity index (χ0n) is 9.34. The van der Waals surface area contributed by atoms with E-state index in [1.165, 1.54) is 19.3 Å². The van der Waals surface area contributed by atoms with E-state index < -0.39 is 0 Å². The normalized spacial score (nSPS) is 10.3. The summed E-state index contributed by atoms with van der Waals surface area (Å²) in [6.45, 7) is 3.02. The van der Waals surface area contributed by atoms with Gasteiger partial charge in [-0.3, -0.25) is 0 Å². The van der Waals surface area contributed by atoms with Gasteiger partial charge in [0.2, 0.25) is 0 Å². The average molecular weight is 227 g/mol. The Hall–Kier alpha value is -0.690. The molecule has 0 aromatic heterocycles. The van der Waals surface area contributed by atoms with Gasteiger partial charge >= 0.3 is 0 Å². The van der Waals surface area contributed by atoms with Crippen molar-refractivity contribution in [1.82, 2.24) is 0 Å². The van der Waals surface area contributed by atoms with E-state index in [-0.39, 0.29) is 0 Å². The Kier molecular flexibility index (Phi) is 6.26. The molecular formula is C13H19ClO. The summed E-state index contributed by atoms with van der Waals surface area (Å²) in [4.78, 5) is 0. The second-order valence-electron chi connectivity index (χ2n) is 3.69. The van der Waals surface area contributed by atoms with Crippen LogP contribution in [-0.2, 0) is 5.88 Å². The van der Waals surface area contributed by atoms with Crippen molar-refractivity contribution in [3.8, 4) is 5.75 Å². The summed E-state index contributed by atoms with van der Waals surface area (Å²) in [6, 6.07) is 7.98. The predicted molar refractivity (Wildman–Crippen MR) is 65.6 cm³/mol. The van der Waals surface area contributed by atoms with Gasteiger partial charge in [-0.15, -0.1) is 11.6 Å². The fraction of sp³-hybridized carbons (Fsp3) is 0.538. The van der Waals surface area contributed by atoms with E-state index in [0.29, 0.717) is 5.88 Å². The van der Waals surface area contributed by atoms with Crippen LogP contribution >= 0.6 is 11.6 Å². The molecule has 0 heterocycles. The van der Waals surface area contributed by atoms with Gasteiger partial charge in [-0.05, 0) is 24.1 Å². The number of hydrogen-bond acceptors (Lipinski definition) is 1. The van der Waals surface area contributed by atoms with Gasteiger partial charge in [0.1, 0.15) is 5.75 Å². The first-order valence-electron chi connectivity index (χ1n) is 5.64. The maximum atomic E-state index is 5.75. The van der Waals surface area contributed by atoms with Crippen molar-refractivity contribution in [3.05, 3.63) is 29.8 Å². The monoisotopic (exact) mass is 226 g/mol. The van der Waals surface area contributed by atoms with Gasteiger partial charge < -0.3 is 4.74 Å². The standard InChI is InChI=1S/C13H19ClO/c1-2-3-4-5-9-15-13-8-6-7-12(10-13)11-14/h6-8,10H,2-5,9,11H2,1H3. The molecule has 2 heteroatoms. The van der Waals surface area contributed by atoms with Crippen molar-refractivity contribution >= 4 is 11.6 Å². The van der Waals surface area contributed by atoms with Crippen LogP contribution in [0.1, 0.15) is 38.2 Å². The van der Waals surface area contributed by atoms with Crippen molar-refractivity contribution in [3.63, 3.8) is 0 Å². The minimum absolute atomic E-state index is 0.549. The summed E-state index contributed by atoms with van der Waals surface area (Å²) in [6.07, 6.45) is 4.96. The smallest absolute Gasteiger partial charge is 0.119 e. The molecule has 1 rings (SSSR count). The minimum atomic E-state index is 0.549. The molecule has 0 spiro atoms. The SMILES string of the molecule is CCCCCCOc1cccc(CCl)c1. The molecule has 0 radical (unpaired) electrons. The first-order chi connectivity index (χ1) is 7.36. The summed E-state index contributed by atoms with van der Waals surface area (Å²) in [5.74, 6) is 1.48. The lowest BCUT2D eigenvalue weighted by atomic mass is 10.2. The van der Waals surface area contributed by atoms with E-state index in [1.807, 2.05) is 24.3 Å². The number of unbranched alkanes of at least 4 members (excludes halogenated alkanes) is 3. The van der Waals surface area contributed by atoms with E-state index in [0.717, 1.165) is 24.3 Å². The van der Waals surface area contributed by atoms with Crippen LogP contribution in [0.2, 0.25) is 0 Å². The highest BCUT2D eigenvalue weighted by Gasteiger charge is 1.95. The Morgan fingerprint density at radius 2 is 2.07 bits per heavy atom. The Morgan fingerprint density at radius 1 is 1.20 bits per heavy atom. The van der Waals surface area contributed by atoms with Gasteiger partial charge in [0.05, 0.1) is 6.61 Å². The van der Waals surface area contributed by atoms with Gasteiger partial charge in [-0.2, -0.15) is 0 Å². The highest BCUT2D eigenvalue weighted by molar-refractivity contribution is 6.17. The molecule has 0 N–H and O–H groups in total. The highest BCUT2D eigenvalue weighted by atomic mass is 35.5. The number of ether oxygens (including phenoxy) is 1. The van der Waals surface area contributed by atoms with Gasteiger partial charge in [0.15, 0.2) is 0 Å². The van der Waals surface area contributed by atoms with Crippen molar-refractivity contribution in [2.45, 2.75) is 38.5 Å². The maximum Gasteiger partial charge on any atom is 0.119 e. The molecule has 0 aliphatic rings. The summed E-state index contributed by atoms with van der Waals surface area (Å²) in [5.41, 5.74) is 1.11. The van der Waals surface area contributed by atoms with Crippen LogP contribution in [-0.4, -0.2) is 6.61 Å². The third-order valence-corrected chi connectivity index (χ3v) is 2.63. The van der Waals surface area contributed by atoms with Crippen LogP contribution in [0, 0.1) is 0 Å². The molecule has 0 saturated carbocycles. The van der Waals surface area contributed by atoms with E-state index in [9.17, 15) is 0 Å². The van der Waals surface area contributed by atoms with E-state index in [1.54, 1.807) is 0 Å². The fourth-order valence-corrected chi connectivity index (χ4v) is 1.60. The number of alkyl halides is 1. The Bertz CT molecular complexity index is 273. The molecule has 0 amide bonds. The third-order valence-electron chi connectivity index (χ3n) is 2.32. The number of hydrogen-bond donors (Lipinski definition) is 0. The van der Waals surface area contributed by atoms with Crippen LogP contribution in [0.5, 0.6) is 5.75 Å². The number of rotatable bonds is 7. The van der Waals surface area contributed by atoms with Crippen molar-refractivity contribution < 1.29 is 4.74 Å². The lowest BCUT2D eigenvalue weighted by molar-refractivity contribution is 0.305. The average Bonchev–Trinajstić information content (AvgIpc) is 2.29. The topological polar surface area (TPSA) is 9.23 Å². The molecule has 0 unspecified atom stereocenters. The van der Waals surface area contributed by atoms with Crippen LogP contribution in [0.25, 0.3) is 0 Å². The minimum Gasteiger partial charge on any atom is -0.494 e. The first kappa shape index (κ1) is 12.4. The predicted octanol–water partition coefficient (Wildman–Crippen LogP) is 4.38.